The lowest BCUT2D eigenvalue weighted by Gasteiger charge is -2.32. The van der Waals surface area contributed by atoms with Crippen LogP contribution in [0.4, 0.5) is 0 Å². The van der Waals surface area contributed by atoms with E-state index in [1.807, 2.05) is 25.1 Å². The first kappa shape index (κ1) is 21.6. The molecule has 2 heterocycles. The molecule has 0 bridgehead atoms. The molecule has 1 aromatic heterocycles. The Morgan fingerprint density at radius 1 is 0.968 bits per heavy atom. The number of carbonyl (C=O) groups is 1. The van der Waals surface area contributed by atoms with Crippen molar-refractivity contribution in [2.45, 2.75) is 44.1 Å². The minimum atomic E-state index is 0.0680. The van der Waals surface area contributed by atoms with E-state index in [0.29, 0.717) is 12.3 Å². The third-order valence-electron chi connectivity index (χ3n) is 5.62. The average molecular weight is 436 g/mol. The highest BCUT2D eigenvalue weighted by Crippen LogP contribution is 2.19. The number of carbonyl (C=O) groups excluding carboxylic acids is 1. The van der Waals surface area contributed by atoms with Gasteiger partial charge in [0.1, 0.15) is 5.82 Å². The number of hydrogen-bond donors (Lipinski definition) is 1. The smallest absolute Gasteiger partial charge is 0.230 e. The summed E-state index contributed by atoms with van der Waals surface area (Å²) in [5.74, 6) is 1.29. The van der Waals surface area contributed by atoms with Crippen molar-refractivity contribution in [3.8, 4) is 0 Å². The van der Waals surface area contributed by atoms with E-state index >= 15 is 0 Å². The first-order valence-corrected chi connectivity index (χ1v) is 11.8. The minimum absolute atomic E-state index is 0.0680. The van der Waals surface area contributed by atoms with E-state index in [1.165, 1.54) is 22.9 Å². The molecule has 1 N–H and O–H groups in total. The van der Waals surface area contributed by atoms with Crippen LogP contribution in [0.1, 0.15) is 29.8 Å². The molecule has 4 rings (SSSR count). The molecule has 1 saturated heterocycles. The minimum Gasteiger partial charge on any atom is -0.353 e. The van der Waals surface area contributed by atoms with E-state index < -0.39 is 0 Å². The zero-order valence-corrected chi connectivity index (χ0v) is 18.7. The summed E-state index contributed by atoms with van der Waals surface area (Å²) in [7, 11) is 0. The van der Waals surface area contributed by atoms with Crippen LogP contribution in [0, 0.1) is 6.92 Å². The Hall–Kier alpha value is -2.64. The third kappa shape index (κ3) is 6.18. The number of piperidine rings is 1. The molecule has 31 heavy (non-hydrogen) atoms. The summed E-state index contributed by atoms with van der Waals surface area (Å²) >= 11 is 1.45. The Kier molecular flexibility index (Phi) is 7.38. The zero-order valence-electron chi connectivity index (χ0n) is 17.9. The zero-order chi connectivity index (χ0) is 21.5. The Morgan fingerprint density at radius 3 is 2.23 bits per heavy atom. The Morgan fingerprint density at radius 2 is 1.58 bits per heavy atom. The van der Waals surface area contributed by atoms with Gasteiger partial charge < -0.3 is 9.88 Å². The summed E-state index contributed by atoms with van der Waals surface area (Å²) in [6, 6.07) is 21.1. The van der Waals surface area contributed by atoms with E-state index in [1.54, 1.807) is 0 Å². The number of rotatable bonds is 8. The molecule has 2 aromatic carbocycles. The van der Waals surface area contributed by atoms with Gasteiger partial charge in [-0.25, -0.2) is 0 Å². The van der Waals surface area contributed by atoms with Crippen molar-refractivity contribution >= 4 is 17.7 Å². The van der Waals surface area contributed by atoms with E-state index in [2.05, 4.69) is 67.4 Å². The number of aryl methyl sites for hydroxylation is 1. The lowest BCUT2D eigenvalue weighted by Crippen LogP contribution is -2.44. The molecule has 0 unspecified atom stereocenters. The van der Waals surface area contributed by atoms with Crippen LogP contribution in [-0.2, 0) is 17.9 Å². The molecule has 6 nitrogen and oxygen atoms in total. The molecule has 0 atom stereocenters. The second kappa shape index (κ2) is 10.6. The number of nitrogens with one attached hydrogen (secondary N) is 1. The Bertz CT molecular complexity index is 968. The largest absolute Gasteiger partial charge is 0.353 e. The summed E-state index contributed by atoms with van der Waals surface area (Å²) in [4.78, 5) is 15.0. The number of likely N-dealkylation sites (tertiary alicyclic amines) is 1. The highest BCUT2D eigenvalue weighted by Gasteiger charge is 2.21. The van der Waals surface area contributed by atoms with Crippen molar-refractivity contribution in [2.24, 2.45) is 0 Å². The number of hydrogen-bond acceptors (Lipinski definition) is 5. The highest BCUT2D eigenvalue weighted by molar-refractivity contribution is 7.99. The Labute approximate surface area is 188 Å². The van der Waals surface area contributed by atoms with Gasteiger partial charge in [0.05, 0.1) is 12.3 Å². The van der Waals surface area contributed by atoms with Crippen LogP contribution in [0.25, 0.3) is 0 Å². The third-order valence-corrected chi connectivity index (χ3v) is 6.59. The number of benzene rings is 2. The molecular weight excluding hydrogens is 406 g/mol. The van der Waals surface area contributed by atoms with Crippen LogP contribution in [0.5, 0.6) is 0 Å². The van der Waals surface area contributed by atoms with Crippen molar-refractivity contribution in [3.05, 3.63) is 77.6 Å². The number of thioether (sulfide) groups is 1. The lowest BCUT2D eigenvalue weighted by molar-refractivity contribution is -0.119. The molecule has 0 spiro atoms. The van der Waals surface area contributed by atoms with Gasteiger partial charge in [-0.1, -0.05) is 72.4 Å². The predicted molar refractivity (Wildman–Crippen MR) is 124 cm³/mol. The second-order valence-corrected chi connectivity index (χ2v) is 8.94. The molecule has 7 heteroatoms. The molecule has 162 valence electrons. The summed E-state index contributed by atoms with van der Waals surface area (Å²) < 4.78 is 2.06. The van der Waals surface area contributed by atoms with E-state index in [0.717, 1.165) is 43.5 Å². The molecule has 3 aromatic rings. The van der Waals surface area contributed by atoms with Crippen molar-refractivity contribution in [1.82, 2.24) is 25.0 Å². The molecule has 0 aliphatic carbocycles. The molecule has 1 aliphatic rings. The summed E-state index contributed by atoms with van der Waals surface area (Å²) in [6.07, 6.45) is 1.99. The molecule has 1 amide bonds. The fourth-order valence-corrected chi connectivity index (χ4v) is 4.69. The Balaban J connectivity index is 1.22. The standard InChI is InChI=1S/C24H29N5OS/c1-19-26-27-24(29(19)17-21-10-6-3-7-11-21)31-18-23(30)25-22-12-14-28(15-13-22)16-20-8-4-2-5-9-20/h2-11,22H,12-18H2,1H3,(H,25,30). The number of aromatic nitrogens is 3. The van der Waals surface area contributed by atoms with Crippen molar-refractivity contribution in [3.63, 3.8) is 0 Å². The number of nitrogens with zero attached hydrogens (tertiary/aromatic N) is 4. The lowest BCUT2D eigenvalue weighted by atomic mass is 10.0. The molecular formula is C24H29N5OS. The first-order chi connectivity index (χ1) is 15.2. The van der Waals surface area contributed by atoms with Crippen LogP contribution in [0.2, 0.25) is 0 Å². The summed E-state index contributed by atoms with van der Waals surface area (Å²) in [6.45, 7) is 5.66. The SMILES string of the molecule is Cc1nnc(SCC(=O)NC2CCN(Cc3ccccc3)CC2)n1Cc1ccccc1. The molecule has 1 fully saturated rings. The monoisotopic (exact) mass is 435 g/mol. The van der Waals surface area contributed by atoms with Gasteiger partial charge in [0.2, 0.25) is 5.91 Å². The van der Waals surface area contributed by atoms with Crippen molar-refractivity contribution in [2.75, 3.05) is 18.8 Å². The maximum atomic E-state index is 12.5. The maximum absolute atomic E-state index is 12.5. The van der Waals surface area contributed by atoms with Gasteiger partial charge in [0.25, 0.3) is 0 Å². The van der Waals surface area contributed by atoms with Crippen LogP contribution in [0.15, 0.2) is 65.8 Å². The second-order valence-electron chi connectivity index (χ2n) is 7.99. The van der Waals surface area contributed by atoms with Crippen molar-refractivity contribution in [1.29, 1.82) is 0 Å². The van der Waals surface area contributed by atoms with Gasteiger partial charge in [0, 0.05) is 25.7 Å². The van der Waals surface area contributed by atoms with Gasteiger partial charge in [0.15, 0.2) is 5.16 Å². The van der Waals surface area contributed by atoms with Gasteiger partial charge in [-0.3, -0.25) is 9.69 Å². The molecule has 0 saturated carbocycles. The fourth-order valence-electron chi connectivity index (χ4n) is 3.89. The topological polar surface area (TPSA) is 63.1 Å². The van der Waals surface area contributed by atoms with Crippen LogP contribution < -0.4 is 5.32 Å². The highest BCUT2D eigenvalue weighted by atomic mass is 32.2. The number of amides is 1. The van der Waals surface area contributed by atoms with Crippen LogP contribution >= 0.6 is 11.8 Å². The van der Waals surface area contributed by atoms with Crippen LogP contribution in [0.3, 0.4) is 0 Å². The quantitative estimate of drug-likeness (QED) is 0.549. The van der Waals surface area contributed by atoms with E-state index in [-0.39, 0.29) is 11.9 Å². The molecule has 1 aliphatic heterocycles. The predicted octanol–water partition coefficient (Wildman–Crippen LogP) is 3.51. The van der Waals surface area contributed by atoms with Gasteiger partial charge in [-0.05, 0) is 30.9 Å². The normalized spacial score (nSPS) is 15.1. The van der Waals surface area contributed by atoms with Crippen molar-refractivity contribution < 1.29 is 4.79 Å². The van der Waals surface area contributed by atoms with E-state index in [4.69, 9.17) is 0 Å². The van der Waals surface area contributed by atoms with Crippen LogP contribution in [-0.4, -0.2) is 50.5 Å². The fraction of sp³-hybridized carbons (Fsp3) is 0.375. The van der Waals surface area contributed by atoms with Gasteiger partial charge in [-0.15, -0.1) is 10.2 Å². The van der Waals surface area contributed by atoms with Gasteiger partial charge >= 0.3 is 0 Å². The van der Waals surface area contributed by atoms with E-state index in [9.17, 15) is 4.79 Å². The average Bonchev–Trinajstić information content (AvgIpc) is 3.14. The first-order valence-electron chi connectivity index (χ1n) is 10.8. The summed E-state index contributed by atoms with van der Waals surface area (Å²) in [5.41, 5.74) is 2.54. The molecule has 0 radical (unpaired) electrons. The maximum Gasteiger partial charge on any atom is 0.230 e. The summed E-state index contributed by atoms with van der Waals surface area (Å²) in [5, 5.41) is 12.5. The van der Waals surface area contributed by atoms with Gasteiger partial charge in [-0.2, -0.15) is 0 Å².